The molecule has 0 spiro atoms. The first-order valence-electron chi connectivity index (χ1n) is 7.89. The first-order chi connectivity index (χ1) is 8.75. The molecular formula is C15H30N2O. The van der Waals surface area contributed by atoms with Crippen LogP contribution in [0.25, 0.3) is 0 Å². The van der Waals surface area contributed by atoms with Gasteiger partial charge in [-0.3, -0.25) is 0 Å². The molecule has 0 aromatic rings. The van der Waals surface area contributed by atoms with Crippen LogP contribution in [0.1, 0.15) is 51.9 Å². The molecule has 2 fully saturated rings. The molecule has 0 aromatic heterocycles. The highest BCUT2D eigenvalue weighted by atomic mass is 16.3. The van der Waals surface area contributed by atoms with Crippen LogP contribution in [-0.2, 0) is 0 Å². The highest BCUT2D eigenvalue weighted by molar-refractivity contribution is 4.80. The van der Waals surface area contributed by atoms with E-state index in [0.29, 0.717) is 12.0 Å². The van der Waals surface area contributed by atoms with Crippen molar-refractivity contribution in [1.29, 1.82) is 0 Å². The zero-order valence-electron chi connectivity index (χ0n) is 11.9. The summed E-state index contributed by atoms with van der Waals surface area (Å²) in [5.74, 6) is 0.693. The Morgan fingerprint density at radius 2 is 1.83 bits per heavy atom. The minimum absolute atomic E-state index is 0.119. The van der Waals surface area contributed by atoms with Crippen molar-refractivity contribution in [1.82, 2.24) is 10.2 Å². The van der Waals surface area contributed by atoms with E-state index < -0.39 is 0 Å². The molecule has 1 aliphatic heterocycles. The standard InChI is InChI=1S/C15H30N2O/c1-13(12-17-9-5-6-10-17)11-16-14-7-3-2-4-8-15(14)18/h13-16,18H,2-12H2,1H3. The van der Waals surface area contributed by atoms with Crippen LogP contribution in [0, 0.1) is 5.92 Å². The fourth-order valence-corrected chi connectivity index (χ4v) is 3.35. The van der Waals surface area contributed by atoms with E-state index in [1.165, 1.54) is 51.7 Å². The third-order valence-corrected chi connectivity index (χ3v) is 4.48. The second-order valence-electron chi connectivity index (χ2n) is 6.33. The van der Waals surface area contributed by atoms with E-state index in [0.717, 1.165) is 19.4 Å². The second kappa shape index (κ2) is 7.46. The molecule has 1 saturated heterocycles. The highest BCUT2D eigenvalue weighted by Gasteiger charge is 2.22. The van der Waals surface area contributed by atoms with E-state index >= 15 is 0 Å². The van der Waals surface area contributed by atoms with Gasteiger partial charge in [-0.25, -0.2) is 0 Å². The Kier molecular flexibility index (Phi) is 5.93. The summed E-state index contributed by atoms with van der Waals surface area (Å²) in [7, 11) is 0. The normalized spacial score (nSPS) is 32.3. The molecule has 3 heteroatoms. The lowest BCUT2D eigenvalue weighted by atomic mass is 10.0. The zero-order chi connectivity index (χ0) is 12.8. The van der Waals surface area contributed by atoms with E-state index in [9.17, 15) is 5.11 Å². The second-order valence-corrected chi connectivity index (χ2v) is 6.33. The summed E-state index contributed by atoms with van der Waals surface area (Å²) in [4.78, 5) is 2.58. The van der Waals surface area contributed by atoms with E-state index in [4.69, 9.17) is 0 Å². The molecule has 2 N–H and O–H groups in total. The molecule has 1 heterocycles. The minimum atomic E-state index is -0.119. The van der Waals surface area contributed by atoms with Gasteiger partial charge in [0.15, 0.2) is 0 Å². The minimum Gasteiger partial charge on any atom is -0.392 e. The molecule has 3 unspecified atom stereocenters. The summed E-state index contributed by atoms with van der Waals surface area (Å²) in [5, 5.41) is 13.7. The topological polar surface area (TPSA) is 35.5 Å². The van der Waals surface area contributed by atoms with Gasteiger partial charge in [-0.05, 0) is 51.2 Å². The third kappa shape index (κ3) is 4.52. The first kappa shape index (κ1) is 14.3. The number of nitrogens with zero attached hydrogens (tertiary/aromatic N) is 1. The molecule has 0 amide bonds. The maximum absolute atomic E-state index is 10.1. The molecule has 106 valence electrons. The lowest BCUT2D eigenvalue weighted by Gasteiger charge is -2.26. The van der Waals surface area contributed by atoms with Crippen LogP contribution in [-0.4, -0.2) is 48.3 Å². The van der Waals surface area contributed by atoms with Crippen molar-refractivity contribution in [3.63, 3.8) is 0 Å². The van der Waals surface area contributed by atoms with E-state index in [1.807, 2.05) is 0 Å². The number of aliphatic hydroxyl groups excluding tert-OH is 1. The van der Waals surface area contributed by atoms with Gasteiger partial charge in [0.1, 0.15) is 0 Å². The fourth-order valence-electron chi connectivity index (χ4n) is 3.35. The van der Waals surface area contributed by atoms with Gasteiger partial charge in [0.25, 0.3) is 0 Å². The van der Waals surface area contributed by atoms with Crippen LogP contribution in [0.3, 0.4) is 0 Å². The lowest BCUT2D eigenvalue weighted by Crippen LogP contribution is -2.42. The Morgan fingerprint density at radius 3 is 2.61 bits per heavy atom. The van der Waals surface area contributed by atoms with Gasteiger partial charge in [0.05, 0.1) is 6.10 Å². The van der Waals surface area contributed by atoms with E-state index in [2.05, 4.69) is 17.1 Å². The first-order valence-corrected chi connectivity index (χ1v) is 7.89. The number of likely N-dealkylation sites (tertiary alicyclic amines) is 1. The Bertz CT molecular complexity index is 229. The van der Waals surface area contributed by atoms with Crippen molar-refractivity contribution in [3.8, 4) is 0 Å². The summed E-state index contributed by atoms with van der Waals surface area (Å²) in [6.07, 6.45) is 8.53. The summed E-state index contributed by atoms with van der Waals surface area (Å²) in [6, 6.07) is 0.341. The monoisotopic (exact) mass is 254 g/mol. The Labute approximate surface area is 112 Å². The molecule has 3 nitrogen and oxygen atoms in total. The van der Waals surface area contributed by atoms with Crippen molar-refractivity contribution in [2.45, 2.75) is 64.0 Å². The van der Waals surface area contributed by atoms with Crippen molar-refractivity contribution in [3.05, 3.63) is 0 Å². The van der Waals surface area contributed by atoms with Crippen molar-refractivity contribution < 1.29 is 5.11 Å². The molecule has 0 aromatic carbocycles. The van der Waals surface area contributed by atoms with Crippen LogP contribution < -0.4 is 5.32 Å². The van der Waals surface area contributed by atoms with Crippen molar-refractivity contribution in [2.75, 3.05) is 26.2 Å². The van der Waals surface area contributed by atoms with E-state index in [1.54, 1.807) is 0 Å². The molecule has 1 aliphatic carbocycles. The van der Waals surface area contributed by atoms with Crippen molar-refractivity contribution >= 4 is 0 Å². The maximum atomic E-state index is 10.1. The van der Waals surface area contributed by atoms with E-state index in [-0.39, 0.29) is 6.10 Å². The Hall–Kier alpha value is -0.120. The average molecular weight is 254 g/mol. The highest BCUT2D eigenvalue weighted by Crippen LogP contribution is 2.18. The summed E-state index contributed by atoms with van der Waals surface area (Å²) >= 11 is 0. The van der Waals surface area contributed by atoms with Gasteiger partial charge < -0.3 is 15.3 Å². The maximum Gasteiger partial charge on any atom is 0.0693 e. The number of aliphatic hydroxyl groups is 1. The van der Waals surface area contributed by atoms with Gasteiger partial charge >= 0.3 is 0 Å². The quantitative estimate of drug-likeness (QED) is 0.737. The summed E-state index contributed by atoms with van der Waals surface area (Å²) in [6.45, 7) is 7.18. The molecule has 0 radical (unpaired) electrons. The average Bonchev–Trinajstić information content (AvgIpc) is 2.76. The fraction of sp³-hybridized carbons (Fsp3) is 1.00. The van der Waals surface area contributed by atoms with Crippen LogP contribution >= 0.6 is 0 Å². The van der Waals surface area contributed by atoms with Crippen molar-refractivity contribution in [2.24, 2.45) is 5.92 Å². The predicted octanol–water partition coefficient (Wildman–Crippen LogP) is 2.00. The molecule has 18 heavy (non-hydrogen) atoms. The predicted molar refractivity (Wildman–Crippen MR) is 75.7 cm³/mol. The number of hydrogen-bond donors (Lipinski definition) is 2. The summed E-state index contributed by atoms with van der Waals surface area (Å²) in [5.41, 5.74) is 0. The third-order valence-electron chi connectivity index (χ3n) is 4.48. The van der Waals surface area contributed by atoms with Crippen LogP contribution in [0.5, 0.6) is 0 Å². The SMILES string of the molecule is CC(CNC1CCCCCC1O)CN1CCCC1. The molecule has 1 saturated carbocycles. The molecule has 3 atom stereocenters. The Morgan fingerprint density at radius 1 is 1.11 bits per heavy atom. The van der Waals surface area contributed by atoms with Crippen LogP contribution in [0.4, 0.5) is 0 Å². The van der Waals surface area contributed by atoms with Gasteiger partial charge in [0.2, 0.25) is 0 Å². The van der Waals surface area contributed by atoms with Crippen LogP contribution in [0.2, 0.25) is 0 Å². The smallest absolute Gasteiger partial charge is 0.0693 e. The van der Waals surface area contributed by atoms with Gasteiger partial charge in [-0.1, -0.05) is 26.2 Å². The largest absolute Gasteiger partial charge is 0.392 e. The summed E-state index contributed by atoms with van der Waals surface area (Å²) < 4.78 is 0. The Balaban J connectivity index is 1.65. The van der Waals surface area contributed by atoms with Gasteiger partial charge in [-0.2, -0.15) is 0 Å². The molecule has 2 rings (SSSR count). The van der Waals surface area contributed by atoms with Crippen LogP contribution in [0.15, 0.2) is 0 Å². The molecule has 0 bridgehead atoms. The number of nitrogens with one attached hydrogen (secondary N) is 1. The van der Waals surface area contributed by atoms with Gasteiger partial charge in [-0.15, -0.1) is 0 Å². The van der Waals surface area contributed by atoms with Gasteiger partial charge in [0, 0.05) is 12.6 Å². The molecule has 2 aliphatic rings. The lowest BCUT2D eigenvalue weighted by molar-refractivity contribution is 0.116. The zero-order valence-corrected chi connectivity index (χ0v) is 11.9. The number of rotatable bonds is 5. The number of hydrogen-bond acceptors (Lipinski definition) is 3. The molecular weight excluding hydrogens is 224 g/mol.